The van der Waals surface area contributed by atoms with Crippen LogP contribution >= 0.6 is 11.6 Å². The number of hydrogen-bond donors (Lipinski definition) is 2. The van der Waals surface area contributed by atoms with Gasteiger partial charge in [0.05, 0.1) is 17.5 Å². The fourth-order valence-electron chi connectivity index (χ4n) is 2.62. The molecule has 1 saturated heterocycles. The van der Waals surface area contributed by atoms with E-state index in [0.29, 0.717) is 18.1 Å². The Kier molecular flexibility index (Phi) is 2.57. The van der Waals surface area contributed by atoms with Crippen LogP contribution in [-0.2, 0) is 10.3 Å². The normalized spacial score (nSPS) is 17.6. The first-order chi connectivity index (χ1) is 8.62. The van der Waals surface area contributed by atoms with E-state index in [4.69, 9.17) is 16.7 Å². The lowest BCUT2D eigenvalue weighted by atomic mass is 9.88. The average molecular weight is 265 g/mol. The van der Waals surface area contributed by atoms with Crippen LogP contribution in [-0.4, -0.2) is 28.7 Å². The largest absolute Gasteiger partial charge is 0.481 e. The number of fused-ring (bicyclic) bond motifs is 1. The van der Waals surface area contributed by atoms with Gasteiger partial charge in [-0.3, -0.25) is 4.79 Å². The van der Waals surface area contributed by atoms with Crippen LogP contribution in [0.3, 0.4) is 0 Å². The standard InChI is InChI=1S/C13H13ClN2O2/c14-10-2-1-3-11-9(10)4-5-16(11)13(6-12(17)18)7-15-8-13/h1-5,15H,6-8H2,(H,17,18). The number of carboxylic acid groups (broad SMARTS) is 1. The van der Waals surface area contributed by atoms with E-state index in [0.717, 1.165) is 10.9 Å². The summed E-state index contributed by atoms with van der Waals surface area (Å²) in [6, 6.07) is 7.65. The molecule has 18 heavy (non-hydrogen) atoms. The summed E-state index contributed by atoms with van der Waals surface area (Å²) < 4.78 is 2.04. The molecule has 0 amide bonds. The number of aromatic nitrogens is 1. The Morgan fingerprint density at radius 2 is 2.22 bits per heavy atom. The van der Waals surface area contributed by atoms with Crippen molar-refractivity contribution in [2.24, 2.45) is 0 Å². The molecule has 5 heteroatoms. The van der Waals surface area contributed by atoms with E-state index in [-0.39, 0.29) is 12.0 Å². The molecule has 4 nitrogen and oxygen atoms in total. The molecule has 0 bridgehead atoms. The second-order valence-electron chi connectivity index (χ2n) is 4.76. The van der Waals surface area contributed by atoms with Gasteiger partial charge in [-0.05, 0) is 18.2 Å². The molecule has 0 spiro atoms. The summed E-state index contributed by atoms with van der Waals surface area (Å²) in [6.07, 6.45) is 2.05. The summed E-state index contributed by atoms with van der Waals surface area (Å²) in [5, 5.41) is 13.9. The van der Waals surface area contributed by atoms with Crippen molar-refractivity contribution in [1.82, 2.24) is 9.88 Å². The van der Waals surface area contributed by atoms with E-state index in [9.17, 15) is 4.79 Å². The summed E-state index contributed by atoms with van der Waals surface area (Å²) >= 11 is 6.14. The molecule has 0 saturated carbocycles. The predicted molar refractivity (Wildman–Crippen MR) is 70.0 cm³/mol. The van der Waals surface area contributed by atoms with Gasteiger partial charge in [-0.2, -0.15) is 0 Å². The lowest BCUT2D eigenvalue weighted by molar-refractivity contribution is -0.140. The molecule has 2 heterocycles. The molecular weight excluding hydrogens is 252 g/mol. The molecule has 0 aliphatic carbocycles. The second-order valence-corrected chi connectivity index (χ2v) is 5.16. The number of rotatable bonds is 3. The van der Waals surface area contributed by atoms with E-state index < -0.39 is 5.97 Å². The van der Waals surface area contributed by atoms with Crippen LogP contribution in [0.15, 0.2) is 30.5 Å². The minimum absolute atomic E-state index is 0.121. The van der Waals surface area contributed by atoms with E-state index in [1.54, 1.807) is 0 Å². The highest BCUT2D eigenvalue weighted by molar-refractivity contribution is 6.35. The van der Waals surface area contributed by atoms with Crippen LogP contribution in [0.25, 0.3) is 10.9 Å². The van der Waals surface area contributed by atoms with Crippen molar-refractivity contribution < 1.29 is 9.90 Å². The average Bonchev–Trinajstić information content (AvgIpc) is 2.69. The minimum Gasteiger partial charge on any atom is -0.481 e. The monoisotopic (exact) mass is 264 g/mol. The predicted octanol–water partition coefficient (Wildman–Crippen LogP) is 2.07. The molecule has 1 aromatic heterocycles. The summed E-state index contributed by atoms with van der Waals surface area (Å²) in [4.78, 5) is 11.0. The SMILES string of the molecule is O=C(O)CC1(n2ccc3c(Cl)cccc32)CNC1. The molecule has 1 aliphatic rings. The van der Waals surface area contributed by atoms with E-state index >= 15 is 0 Å². The van der Waals surface area contributed by atoms with Crippen LogP contribution < -0.4 is 5.32 Å². The van der Waals surface area contributed by atoms with Crippen molar-refractivity contribution in [3.8, 4) is 0 Å². The Hall–Kier alpha value is -1.52. The Bertz CT molecular complexity index is 616. The summed E-state index contributed by atoms with van der Waals surface area (Å²) in [7, 11) is 0. The number of carbonyl (C=O) groups is 1. The number of nitrogens with zero attached hydrogens (tertiary/aromatic N) is 1. The van der Waals surface area contributed by atoms with Crippen LogP contribution in [0.5, 0.6) is 0 Å². The van der Waals surface area contributed by atoms with Gasteiger partial charge in [0.2, 0.25) is 0 Å². The first-order valence-electron chi connectivity index (χ1n) is 5.81. The molecule has 0 unspecified atom stereocenters. The summed E-state index contributed by atoms with van der Waals surface area (Å²) in [6.45, 7) is 1.35. The summed E-state index contributed by atoms with van der Waals surface area (Å²) in [5.74, 6) is -0.777. The Morgan fingerprint density at radius 1 is 1.44 bits per heavy atom. The Labute approximate surface area is 109 Å². The van der Waals surface area contributed by atoms with Crippen LogP contribution in [0.4, 0.5) is 0 Å². The van der Waals surface area contributed by atoms with Crippen molar-refractivity contribution >= 4 is 28.5 Å². The molecular formula is C13H13ClN2O2. The number of benzene rings is 1. The first kappa shape index (κ1) is 11.6. The van der Waals surface area contributed by atoms with Gasteiger partial charge in [0, 0.05) is 29.7 Å². The highest BCUT2D eigenvalue weighted by atomic mass is 35.5. The minimum atomic E-state index is -0.777. The summed E-state index contributed by atoms with van der Waals surface area (Å²) in [5.41, 5.74) is 0.628. The molecule has 2 N–H and O–H groups in total. The molecule has 1 fully saturated rings. The van der Waals surface area contributed by atoms with Crippen molar-refractivity contribution in [2.75, 3.05) is 13.1 Å². The third kappa shape index (κ3) is 1.61. The van der Waals surface area contributed by atoms with E-state index in [1.807, 2.05) is 35.0 Å². The first-order valence-corrected chi connectivity index (χ1v) is 6.19. The number of carboxylic acids is 1. The highest BCUT2D eigenvalue weighted by Crippen LogP contribution is 2.33. The van der Waals surface area contributed by atoms with Gasteiger partial charge in [-0.1, -0.05) is 17.7 Å². The quantitative estimate of drug-likeness (QED) is 0.892. The molecule has 1 aliphatic heterocycles. The van der Waals surface area contributed by atoms with Gasteiger partial charge in [0.15, 0.2) is 0 Å². The number of hydrogen-bond acceptors (Lipinski definition) is 2. The fraction of sp³-hybridized carbons (Fsp3) is 0.308. The second kappa shape index (κ2) is 4.00. The van der Waals surface area contributed by atoms with E-state index in [1.165, 1.54) is 0 Å². The number of nitrogens with one attached hydrogen (secondary N) is 1. The van der Waals surface area contributed by atoms with Crippen molar-refractivity contribution in [3.63, 3.8) is 0 Å². The Morgan fingerprint density at radius 3 is 2.83 bits per heavy atom. The Balaban J connectivity index is 2.13. The maximum atomic E-state index is 11.0. The third-order valence-corrected chi connectivity index (χ3v) is 3.91. The van der Waals surface area contributed by atoms with Gasteiger partial charge < -0.3 is 15.0 Å². The topological polar surface area (TPSA) is 54.3 Å². The molecule has 0 radical (unpaired) electrons. The zero-order chi connectivity index (χ0) is 12.8. The lowest BCUT2D eigenvalue weighted by Crippen LogP contribution is -2.61. The maximum absolute atomic E-state index is 11.0. The molecule has 3 rings (SSSR count). The van der Waals surface area contributed by atoms with Gasteiger partial charge in [-0.25, -0.2) is 0 Å². The maximum Gasteiger partial charge on any atom is 0.305 e. The molecule has 1 aromatic carbocycles. The van der Waals surface area contributed by atoms with Crippen LogP contribution in [0, 0.1) is 0 Å². The van der Waals surface area contributed by atoms with Crippen molar-refractivity contribution in [1.29, 1.82) is 0 Å². The van der Waals surface area contributed by atoms with Gasteiger partial charge in [-0.15, -0.1) is 0 Å². The van der Waals surface area contributed by atoms with Crippen molar-refractivity contribution in [2.45, 2.75) is 12.0 Å². The van der Waals surface area contributed by atoms with E-state index in [2.05, 4.69) is 5.32 Å². The zero-order valence-corrected chi connectivity index (χ0v) is 10.4. The number of aliphatic carboxylic acids is 1. The molecule has 0 atom stereocenters. The fourth-order valence-corrected chi connectivity index (χ4v) is 2.85. The number of halogens is 1. The van der Waals surface area contributed by atoms with Crippen molar-refractivity contribution in [3.05, 3.63) is 35.5 Å². The highest BCUT2D eigenvalue weighted by Gasteiger charge is 2.41. The van der Waals surface area contributed by atoms with Gasteiger partial charge >= 0.3 is 5.97 Å². The van der Waals surface area contributed by atoms with Gasteiger partial charge in [0.1, 0.15) is 0 Å². The smallest absolute Gasteiger partial charge is 0.305 e. The van der Waals surface area contributed by atoms with Gasteiger partial charge in [0.25, 0.3) is 0 Å². The van der Waals surface area contributed by atoms with Crippen LogP contribution in [0.2, 0.25) is 5.02 Å². The van der Waals surface area contributed by atoms with Crippen LogP contribution in [0.1, 0.15) is 6.42 Å². The zero-order valence-electron chi connectivity index (χ0n) is 9.69. The molecule has 2 aromatic rings. The third-order valence-electron chi connectivity index (χ3n) is 3.58. The lowest BCUT2D eigenvalue weighted by Gasteiger charge is -2.43. The molecule has 94 valence electrons.